The number of aryl methyl sites for hydroxylation is 1. The summed E-state index contributed by atoms with van der Waals surface area (Å²) in [6, 6.07) is 7.98. The van der Waals surface area contributed by atoms with Crippen molar-refractivity contribution in [2.75, 3.05) is 13.7 Å². The van der Waals surface area contributed by atoms with Crippen molar-refractivity contribution in [1.29, 1.82) is 0 Å². The van der Waals surface area contributed by atoms with Gasteiger partial charge in [0.15, 0.2) is 11.5 Å². The number of hydrogen-bond acceptors (Lipinski definition) is 5. The molecular weight excluding hydrogens is 272 g/mol. The van der Waals surface area contributed by atoms with E-state index in [0.717, 1.165) is 28.6 Å². The molecule has 106 valence electrons. The third-order valence-corrected chi connectivity index (χ3v) is 4.27. The lowest BCUT2D eigenvalue weighted by molar-refractivity contribution is 0.0638. The summed E-state index contributed by atoms with van der Waals surface area (Å²) in [6.45, 7) is 2.59. The Bertz CT molecular complexity index is 585. The first-order chi connectivity index (χ1) is 9.76. The molecule has 1 aromatic carbocycles. The van der Waals surface area contributed by atoms with Crippen LogP contribution in [0.2, 0.25) is 0 Å². The highest BCUT2D eigenvalue weighted by Gasteiger charge is 2.28. The number of likely N-dealkylation sites (N-methyl/N-ethyl adjacent to an activating group) is 1. The fourth-order valence-corrected chi connectivity index (χ4v) is 3.01. The molecular formula is C15H18N2O2S. The Morgan fingerprint density at radius 2 is 2.20 bits per heavy atom. The summed E-state index contributed by atoms with van der Waals surface area (Å²) in [6.07, 6.45) is 0.841. The van der Waals surface area contributed by atoms with E-state index in [-0.39, 0.29) is 12.1 Å². The first-order valence-corrected chi connectivity index (χ1v) is 7.61. The van der Waals surface area contributed by atoms with Crippen LogP contribution in [0, 0.1) is 6.92 Å². The number of para-hydroxylation sites is 2. The average Bonchev–Trinajstić information content (AvgIpc) is 2.89. The van der Waals surface area contributed by atoms with Crippen molar-refractivity contribution in [3.05, 3.63) is 40.3 Å². The maximum absolute atomic E-state index is 6.05. The van der Waals surface area contributed by atoms with E-state index < -0.39 is 0 Å². The normalized spacial score (nSPS) is 18.8. The SMILES string of the molecule is CNC(Cc1csc(C)n1)C1COc2ccccc2O1. The van der Waals surface area contributed by atoms with E-state index >= 15 is 0 Å². The molecule has 1 aromatic heterocycles. The molecule has 20 heavy (non-hydrogen) atoms. The molecule has 5 heteroatoms. The third kappa shape index (κ3) is 2.78. The summed E-state index contributed by atoms with van der Waals surface area (Å²) in [5, 5.41) is 6.53. The molecule has 0 aliphatic carbocycles. The van der Waals surface area contributed by atoms with Gasteiger partial charge in [-0.3, -0.25) is 0 Å². The van der Waals surface area contributed by atoms with Gasteiger partial charge < -0.3 is 14.8 Å². The van der Waals surface area contributed by atoms with Crippen molar-refractivity contribution < 1.29 is 9.47 Å². The summed E-state index contributed by atoms with van der Waals surface area (Å²) in [7, 11) is 1.95. The maximum Gasteiger partial charge on any atom is 0.161 e. The number of benzene rings is 1. The summed E-state index contributed by atoms with van der Waals surface area (Å²) >= 11 is 1.68. The first-order valence-electron chi connectivity index (χ1n) is 6.73. The Labute approximate surface area is 122 Å². The minimum Gasteiger partial charge on any atom is -0.486 e. The Morgan fingerprint density at radius 1 is 1.40 bits per heavy atom. The Hall–Kier alpha value is -1.59. The summed E-state index contributed by atoms with van der Waals surface area (Å²) in [5.41, 5.74) is 1.11. The van der Waals surface area contributed by atoms with Gasteiger partial charge in [-0.05, 0) is 26.1 Å². The largest absolute Gasteiger partial charge is 0.486 e. The van der Waals surface area contributed by atoms with E-state index in [1.54, 1.807) is 11.3 Å². The zero-order chi connectivity index (χ0) is 13.9. The minimum atomic E-state index is -0.00286. The number of nitrogens with zero attached hydrogens (tertiary/aromatic N) is 1. The van der Waals surface area contributed by atoms with E-state index in [9.17, 15) is 0 Å². The molecule has 2 aromatic rings. The van der Waals surface area contributed by atoms with Gasteiger partial charge in [0, 0.05) is 11.8 Å². The van der Waals surface area contributed by atoms with Crippen LogP contribution in [-0.4, -0.2) is 30.8 Å². The molecule has 0 saturated heterocycles. The molecule has 0 radical (unpaired) electrons. The van der Waals surface area contributed by atoms with Crippen LogP contribution in [0.1, 0.15) is 10.7 Å². The second-order valence-electron chi connectivity index (χ2n) is 4.87. The van der Waals surface area contributed by atoms with Crippen molar-refractivity contribution in [2.24, 2.45) is 0 Å². The standard InChI is InChI=1S/C15H18N2O2S/c1-10-17-11(9-20-10)7-12(16-2)15-8-18-13-5-3-4-6-14(13)19-15/h3-6,9,12,15-16H,7-8H2,1-2H3. The molecule has 2 unspecified atom stereocenters. The zero-order valence-electron chi connectivity index (χ0n) is 11.6. The third-order valence-electron chi connectivity index (χ3n) is 3.45. The van der Waals surface area contributed by atoms with E-state index in [1.165, 1.54) is 0 Å². The molecule has 1 aliphatic heterocycles. The van der Waals surface area contributed by atoms with Gasteiger partial charge in [0.1, 0.15) is 12.7 Å². The van der Waals surface area contributed by atoms with Gasteiger partial charge in [-0.15, -0.1) is 11.3 Å². The van der Waals surface area contributed by atoms with Crippen LogP contribution in [0.5, 0.6) is 11.5 Å². The van der Waals surface area contributed by atoms with Crippen molar-refractivity contribution >= 4 is 11.3 Å². The number of thiazole rings is 1. The van der Waals surface area contributed by atoms with Crippen LogP contribution in [0.4, 0.5) is 0 Å². The van der Waals surface area contributed by atoms with Crippen LogP contribution in [-0.2, 0) is 6.42 Å². The van der Waals surface area contributed by atoms with Crippen molar-refractivity contribution in [1.82, 2.24) is 10.3 Å². The van der Waals surface area contributed by atoms with Crippen LogP contribution in [0.15, 0.2) is 29.6 Å². The molecule has 2 atom stereocenters. The maximum atomic E-state index is 6.05. The Morgan fingerprint density at radius 3 is 2.90 bits per heavy atom. The van der Waals surface area contributed by atoms with E-state index in [0.29, 0.717) is 6.61 Å². The second kappa shape index (κ2) is 5.81. The van der Waals surface area contributed by atoms with Crippen LogP contribution in [0.25, 0.3) is 0 Å². The minimum absolute atomic E-state index is 0.00286. The van der Waals surface area contributed by atoms with Gasteiger partial charge in [0.25, 0.3) is 0 Å². The number of fused-ring (bicyclic) bond motifs is 1. The number of aromatic nitrogens is 1. The van der Waals surface area contributed by atoms with Crippen molar-refractivity contribution in [3.8, 4) is 11.5 Å². The number of hydrogen-bond donors (Lipinski definition) is 1. The van der Waals surface area contributed by atoms with Gasteiger partial charge in [-0.2, -0.15) is 0 Å². The van der Waals surface area contributed by atoms with Gasteiger partial charge in [-0.25, -0.2) is 4.98 Å². The fourth-order valence-electron chi connectivity index (χ4n) is 2.38. The van der Waals surface area contributed by atoms with Gasteiger partial charge in [0.2, 0.25) is 0 Å². The second-order valence-corrected chi connectivity index (χ2v) is 5.93. The molecule has 1 aliphatic rings. The van der Waals surface area contributed by atoms with Gasteiger partial charge in [-0.1, -0.05) is 12.1 Å². The molecule has 4 nitrogen and oxygen atoms in total. The number of rotatable bonds is 4. The smallest absolute Gasteiger partial charge is 0.161 e. The molecule has 0 bridgehead atoms. The predicted molar refractivity (Wildman–Crippen MR) is 79.8 cm³/mol. The first kappa shape index (κ1) is 13.4. The topological polar surface area (TPSA) is 43.4 Å². The average molecular weight is 290 g/mol. The highest BCUT2D eigenvalue weighted by molar-refractivity contribution is 7.09. The highest BCUT2D eigenvalue weighted by Crippen LogP contribution is 2.32. The summed E-state index contributed by atoms with van der Waals surface area (Å²) in [5.74, 6) is 1.64. The Kier molecular flexibility index (Phi) is 3.89. The lowest BCUT2D eigenvalue weighted by atomic mass is 10.1. The molecule has 0 amide bonds. The molecule has 0 spiro atoms. The van der Waals surface area contributed by atoms with Crippen LogP contribution >= 0.6 is 11.3 Å². The van der Waals surface area contributed by atoms with E-state index in [2.05, 4.69) is 15.7 Å². The van der Waals surface area contributed by atoms with E-state index in [1.807, 2.05) is 38.2 Å². The predicted octanol–water partition coefficient (Wildman–Crippen LogP) is 2.42. The van der Waals surface area contributed by atoms with Gasteiger partial charge in [0.05, 0.1) is 16.7 Å². The molecule has 0 saturated carbocycles. The van der Waals surface area contributed by atoms with E-state index in [4.69, 9.17) is 9.47 Å². The zero-order valence-corrected chi connectivity index (χ0v) is 12.4. The molecule has 3 rings (SSSR count). The summed E-state index contributed by atoms with van der Waals surface area (Å²) in [4.78, 5) is 4.52. The van der Waals surface area contributed by atoms with Crippen LogP contribution < -0.4 is 14.8 Å². The van der Waals surface area contributed by atoms with Crippen LogP contribution in [0.3, 0.4) is 0 Å². The fraction of sp³-hybridized carbons (Fsp3) is 0.400. The highest BCUT2D eigenvalue weighted by atomic mass is 32.1. The quantitative estimate of drug-likeness (QED) is 0.939. The molecule has 0 fully saturated rings. The molecule has 2 heterocycles. The lowest BCUT2D eigenvalue weighted by Gasteiger charge is -2.31. The monoisotopic (exact) mass is 290 g/mol. The Balaban J connectivity index is 1.71. The van der Waals surface area contributed by atoms with Gasteiger partial charge >= 0.3 is 0 Å². The van der Waals surface area contributed by atoms with Crippen molar-refractivity contribution in [2.45, 2.75) is 25.5 Å². The summed E-state index contributed by atoms with van der Waals surface area (Å²) < 4.78 is 11.8. The number of ether oxygens (including phenoxy) is 2. The number of nitrogens with one attached hydrogen (secondary N) is 1. The molecule has 1 N–H and O–H groups in total. The van der Waals surface area contributed by atoms with Crippen molar-refractivity contribution in [3.63, 3.8) is 0 Å². The lowest BCUT2D eigenvalue weighted by Crippen LogP contribution is -2.47.